The molecule has 5 rings (SSSR count). The number of benzene rings is 1. The van der Waals surface area contributed by atoms with Gasteiger partial charge in [0, 0.05) is 60.7 Å². The number of likely N-dealkylation sites (tertiary alicyclic amines) is 1. The number of piperidine rings is 1. The van der Waals surface area contributed by atoms with Gasteiger partial charge in [0.2, 0.25) is 0 Å². The number of para-hydroxylation sites is 1. The van der Waals surface area contributed by atoms with Crippen LogP contribution in [-0.4, -0.2) is 41.0 Å². The van der Waals surface area contributed by atoms with Gasteiger partial charge in [0.25, 0.3) is 5.91 Å². The fourth-order valence-electron chi connectivity index (χ4n) is 4.79. The van der Waals surface area contributed by atoms with E-state index < -0.39 is 0 Å². The Hall–Kier alpha value is -3.38. The van der Waals surface area contributed by atoms with Crippen molar-refractivity contribution in [2.24, 2.45) is 0 Å². The number of aryl methyl sites for hydroxylation is 1. The number of fused-ring (bicyclic) bond motifs is 1. The van der Waals surface area contributed by atoms with Crippen LogP contribution in [0.1, 0.15) is 46.3 Å². The van der Waals surface area contributed by atoms with E-state index in [0.717, 1.165) is 30.5 Å². The van der Waals surface area contributed by atoms with E-state index in [1.807, 2.05) is 17.3 Å². The molecular formula is C26H27N3O3. The van der Waals surface area contributed by atoms with E-state index in [4.69, 9.17) is 9.15 Å². The van der Waals surface area contributed by atoms with Crippen molar-refractivity contribution in [3.05, 3.63) is 77.6 Å². The van der Waals surface area contributed by atoms with Gasteiger partial charge in [-0.15, -0.1) is 0 Å². The van der Waals surface area contributed by atoms with Crippen LogP contribution in [0.4, 0.5) is 0 Å². The molecule has 0 aliphatic carbocycles. The summed E-state index contributed by atoms with van der Waals surface area (Å²) in [5.41, 5.74) is 5.93. The lowest BCUT2D eigenvalue weighted by atomic mass is 9.89. The Morgan fingerprint density at radius 2 is 2.06 bits per heavy atom. The average Bonchev–Trinajstić information content (AvgIpc) is 3.45. The van der Waals surface area contributed by atoms with Crippen LogP contribution in [0.5, 0.6) is 0 Å². The van der Waals surface area contributed by atoms with Crippen LogP contribution in [0.25, 0.3) is 22.0 Å². The minimum absolute atomic E-state index is 0.0604. The van der Waals surface area contributed by atoms with Crippen LogP contribution in [0, 0.1) is 6.92 Å². The Bertz CT molecular complexity index is 1240. The second kappa shape index (κ2) is 8.63. The lowest BCUT2D eigenvalue weighted by Gasteiger charge is -2.32. The topological polar surface area (TPSA) is 71.4 Å². The molecule has 0 spiro atoms. The molecule has 1 amide bonds. The Morgan fingerprint density at radius 1 is 1.22 bits per heavy atom. The molecule has 1 fully saturated rings. The van der Waals surface area contributed by atoms with Gasteiger partial charge in [-0.05, 0) is 55.2 Å². The van der Waals surface area contributed by atoms with Gasteiger partial charge >= 0.3 is 0 Å². The van der Waals surface area contributed by atoms with Crippen LogP contribution in [0.15, 0.2) is 59.3 Å². The zero-order chi connectivity index (χ0) is 22.1. The predicted octanol–water partition coefficient (Wildman–Crippen LogP) is 5.30. The van der Waals surface area contributed by atoms with E-state index >= 15 is 0 Å². The lowest BCUT2D eigenvalue weighted by Crippen LogP contribution is -2.39. The molecule has 0 bridgehead atoms. The molecule has 1 saturated heterocycles. The van der Waals surface area contributed by atoms with E-state index in [-0.39, 0.29) is 11.8 Å². The van der Waals surface area contributed by atoms with Gasteiger partial charge in [-0.3, -0.25) is 9.78 Å². The highest BCUT2D eigenvalue weighted by atomic mass is 16.5. The quantitative estimate of drug-likeness (QED) is 0.467. The first-order valence-electron chi connectivity index (χ1n) is 11.0. The SMILES string of the molecule is COCc1ccc(C(=O)N2CCC[C@H](c3[nH]c4c(C)cccc4c3-c3ccncc3)C2)o1. The van der Waals surface area contributed by atoms with Crippen molar-refractivity contribution in [3.63, 3.8) is 0 Å². The van der Waals surface area contributed by atoms with E-state index in [1.54, 1.807) is 19.2 Å². The molecule has 1 atom stereocenters. The number of aromatic nitrogens is 2. The number of hydrogen-bond donors (Lipinski definition) is 1. The van der Waals surface area contributed by atoms with Gasteiger partial charge in [0.15, 0.2) is 5.76 Å². The van der Waals surface area contributed by atoms with Crippen molar-refractivity contribution in [1.29, 1.82) is 0 Å². The maximum Gasteiger partial charge on any atom is 0.289 e. The van der Waals surface area contributed by atoms with Crippen LogP contribution in [0.3, 0.4) is 0 Å². The summed E-state index contributed by atoms with van der Waals surface area (Å²) in [5.74, 6) is 1.20. The van der Waals surface area contributed by atoms with Crippen LogP contribution < -0.4 is 0 Å². The summed E-state index contributed by atoms with van der Waals surface area (Å²) in [5, 5.41) is 1.21. The number of amides is 1. The zero-order valence-corrected chi connectivity index (χ0v) is 18.4. The van der Waals surface area contributed by atoms with Crippen molar-refractivity contribution in [3.8, 4) is 11.1 Å². The molecule has 32 heavy (non-hydrogen) atoms. The fourth-order valence-corrected chi connectivity index (χ4v) is 4.79. The summed E-state index contributed by atoms with van der Waals surface area (Å²) >= 11 is 0. The van der Waals surface area contributed by atoms with Crippen LogP contribution in [-0.2, 0) is 11.3 Å². The number of methoxy groups -OCH3 is 1. The summed E-state index contributed by atoms with van der Waals surface area (Å²) in [6.45, 7) is 3.88. The minimum atomic E-state index is -0.0604. The first kappa shape index (κ1) is 20.5. The van der Waals surface area contributed by atoms with E-state index in [9.17, 15) is 4.79 Å². The highest BCUT2D eigenvalue weighted by molar-refractivity contribution is 5.99. The van der Waals surface area contributed by atoms with Gasteiger partial charge < -0.3 is 19.0 Å². The van der Waals surface area contributed by atoms with Gasteiger partial charge in [-0.1, -0.05) is 18.2 Å². The second-order valence-electron chi connectivity index (χ2n) is 8.44. The molecular weight excluding hydrogens is 402 g/mol. The molecule has 1 N–H and O–H groups in total. The van der Waals surface area contributed by atoms with Gasteiger partial charge in [-0.2, -0.15) is 0 Å². The first-order chi connectivity index (χ1) is 15.7. The summed E-state index contributed by atoms with van der Waals surface area (Å²) < 4.78 is 10.8. The molecule has 1 aliphatic heterocycles. The number of ether oxygens (including phenoxy) is 1. The lowest BCUT2D eigenvalue weighted by molar-refractivity contribution is 0.0666. The van der Waals surface area contributed by atoms with Crippen molar-refractivity contribution in [1.82, 2.24) is 14.9 Å². The normalized spacial score (nSPS) is 16.6. The van der Waals surface area contributed by atoms with E-state index in [0.29, 0.717) is 24.7 Å². The molecule has 6 nitrogen and oxygen atoms in total. The Labute approximate surface area is 187 Å². The van der Waals surface area contributed by atoms with Crippen molar-refractivity contribution in [2.45, 2.75) is 32.3 Å². The van der Waals surface area contributed by atoms with Crippen LogP contribution >= 0.6 is 0 Å². The summed E-state index contributed by atoms with van der Waals surface area (Å²) in [4.78, 5) is 23.0. The molecule has 1 aliphatic rings. The molecule has 1 aromatic carbocycles. The fraction of sp³-hybridized carbons (Fsp3) is 0.308. The van der Waals surface area contributed by atoms with Crippen molar-refractivity contribution < 1.29 is 13.9 Å². The van der Waals surface area contributed by atoms with Crippen molar-refractivity contribution >= 4 is 16.8 Å². The second-order valence-corrected chi connectivity index (χ2v) is 8.44. The average molecular weight is 430 g/mol. The molecule has 0 radical (unpaired) electrons. The monoisotopic (exact) mass is 429 g/mol. The summed E-state index contributed by atoms with van der Waals surface area (Å²) in [6.07, 6.45) is 5.64. The van der Waals surface area contributed by atoms with E-state index in [1.165, 1.54) is 22.2 Å². The highest BCUT2D eigenvalue weighted by Gasteiger charge is 2.30. The number of pyridine rings is 1. The maximum atomic E-state index is 13.1. The third-order valence-corrected chi connectivity index (χ3v) is 6.32. The molecule has 164 valence electrons. The highest BCUT2D eigenvalue weighted by Crippen LogP contribution is 2.40. The Balaban J connectivity index is 1.50. The van der Waals surface area contributed by atoms with Crippen molar-refractivity contribution in [2.75, 3.05) is 20.2 Å². The third kappa shape index (κ3) is 3.71. The largest absolute Gasteiger partial charge is 0.453 e. The Kier molecular flexibility index (Phi) is 5.53. The molecule has 4 aromatic rings. The summed E-state index contributed by atoms with van der Waals surface area (Å²) in [6, 6.07) is 14.1. The molecule has 4 heterocycles. The first-order valence-corrected chi connectivity index (χ1v) is 11.0. The number of aromatic amines is 1. The number of hydrogen-bond acceptors (Lipinski definition) is 4. The van der Waals surface area contributed by atoms with E-state index in [2.05, 4.69) is 47.2 Å². The molecule has 3 aromatic heterocycles. The number of carbonyl (C=O) groups excluding carboxylic acids is 1. The maximum absolute atomic E-state index is 13.1. The summed E-state index contributed by atoms with van der Waals surface area (Å²) in [7, 11) is 1.61. The van der Waals surface area contributed by atoms with Crippen LogP contribution in [0.2, 0.25) is 0 Å². The van der Waals surface area contributed by atoms with Gasteiger partial charge in [0.05, 0.1) is 0 Å². The third-order valence-electron chi connectivity index (χ3n) is 6.32. The number of furan rings is 1. The number of nitrogens with one attached hydrogen (secondary N) is 1. The Morgan fingerprint density at radius 3 is 2.88 bits per heavy atom. The number of rotatable bonds is 5. The number of nitrogens with zero attached hydrogens (tertiary/aromatic N) is 2. The minimum Gasteiger partial charge on any atom is -0.453 e. The molecule has 0 saturated carbocycles. The number of carbonyl (C=O) groups is 1. The number of H-pyrrole nitrogens is 1. The predicted molar refractivity (Wildman–Crippen MR) is 124 cm³/mol. The molecule has 6 heteroatoms. The zero-order valence-electron chi connectivity index (χ0n) is 18.4. The van der Waals surface area contributed by atoms with Gasteiger partial charge in [-0.25, -0.2) is 0 Å². The van der Waals surface area contributed by atoms with Gasteiger partial charge in [0.1, 0.15) is 12.4 Å². The standard InChI is InChI=1S/C26H27N3O3/c1-17-5-3-7-21-23(18-10-12-27-13-11-18)25(28-24(17)21)19-6-4-14-29(15-19)26(30)22-9-8-20(32-22)16-31-2/h3,5,7-13,19,28H,4,6,14-16H2,1-2H3/t19-/m0/s1. The molecule has 0 unspecified atom stereocenters. The smallest absolute Gasteiger partial charge is 0.289 e.